The summed E-state index contributed by atoms with van der Waals surface area (Å²) in [5.74, 6) is 1.05. The third kappa shape index (κ3) is 2.52. The van der Waals surface area contributed by atoms with Crippen LogP contribution in [0, 0.1) is 11.8 Å². The van der Waals surface area contributed by atoms with Crippen LogP contribution in [-0.4, -0.2) is 42.1 Å². The van der Waals surface area contributed by atoms with Crippen LogP contribution in [0.5, 0.6) is 0 Å². The van der Waals surface area contributed by atoms with Crippen molar-refractivity contribution in [2.24, 2.45) is 17.6 Å². The number of hydrogen-bond acceptors (Lipinski definition) is 3. The minimum atomic E-state index is 0.203. The molecule has 108 valence electrons. The minimum absolute atomic E-state index is 0.203. The largest absolute Gasteiger partial charge is 0.374 e. The van der Waals surface area contributed by atoms with Gasteiger partial charge in [-0.15, -0.1) is 0 Å². The summed E-state index contributed by atoms with van der Waals surface area (Å²) < 4.78 is 5.79. The Bertz CT molecular complexity index is 347. The van der Waals surface area contributed by atoms with Crippen LogP contribution in [0.1, 0.15) is 45.4 Å². The maximum atomic E-state index is 12.8. The second-order valence-electron chi connectivity index (χ2n) is 6.59. The number of rotatable bonds is 1. The van der Waals surface area contributed by atoms with Gasteiger partial charge in [0.05, 0.1) is 18.8 Å². The molecule has 1 heterocycles. The summed E-state index contributed by atoms with van der Waals surface area (Å²) in [6.07, 6.45) is 6.69. The molecule has 1 aliphatic heterocycles. The van der Waals surface area contributed by atoms with E-state index in [0.717, 1.165) is 38.6 Å². The summed E-state index contributed by atoms with van der Waals surface area (Å²) in [7, 11) is 0. The molecule has 1 amide bonds. The fraction of sp³-hybridized carbons (Fsp3) is 0.933. The van der Waals surface area contributed by atoms with Gasteiger partial charge in [0.25, 0.3) is 0 Å². The Balaban J connectivity index is 1.66. The Labute approximate surface area is 115 Å². The van der Waals surface area contributed by atoms with Crippen LogP contribution in [0.25, 0.3) is 0 Å². The number of hydrogen-bond donors (Lipinski definition) is 1. The molecule has 2 aliphatic carbocycles. The maximum absolute atomic E-state index is 12.8. The molecule has 2 saturated carbocycles. The van der Waals surface area contributed by atoms with E-state index in [9.17, 15) is 4.79 Å². The summed E-state index contributed by atoms with van der Waals surface area (Å²) in [4.78, 5) is 14.9. The van der Waals surface area contributed by atoms with E-state index in [2.05, 4.69) is 11.8 Å². The van der Waals surface area contributed by atoms with Crippen molar-refractivity contribution in [2.45, 2.75) is 63.6 Å². The predicted molar refractivity (Wildman–Crippen MR) is 73.6 cm³/mol. The standard InChI is InChI=1S/C15H26N2O2/c1-10-9-11(5-6-12(10)16)15(18)17-7-8-19-14-4-2-3-13(14)17/h10-14H,2-9,16H2,1H3. The number of nitrogens with zero attached hydrogens (tertiary/aromatic N) is 1. The van der Waals surface area contributed by atoms with Crippen LogP contribution in [0.4, 0.5) is 0 Å². The molecule has 3 aliphatic rings. The number of ether oxygens (including phenoxy) is 1. The molecule has 0 aromatic heterocycles. The molecule has 1 saturated heterocycles. The van der Waals surface area contributed by atoms with Crippen LogP contribution in [0.2, 0.25) is 0 Å². The van der Waals surface area contributed by atoms with Crippen LogP contribution < -0.4 is 5.73 Å². The Morgan fingerprint density at radius 3 is 2.89 bits per heavy atom. The number of carbonyl (C=O) groups is 1. The fourth-order valence-electron chi connectivity index (χ4n) is 4.08. The van der Waals surface area contributed by atoms with Crippen molar-refractivity contribution < 1.29 is 9.53 Å². The van der Waals surface area contributed by atoms with Crippen LogP contribution in [-0.2, 0) is 9.53 Å². The molecule has 0 bridgehead atoms. The van der Waals surface area contributed by atoms with E-state index >= 15 is 0 Å². The molecule has 4 nitrogen and oxygen atoms in total. The second-order valence-corrected chi connectivity index (χ2v) is 6.59. The lowest BCUT2D eigenvalue weighted by molar-refractivity contribution is -0.150. The van der Waals surface area contributed by atoms with Crippen molar-refractivity contribution in [1.29, 1.82) is 0 Å². The molecular formula is C15H26N2O2. The minimum Gasteiger partial charge on any atom is -0.374 e. The molecule has 5 atom stereocenters. The monoisotopic (exact) mass is 266 g/mol. The fourth-order valence-corrected chi connectivity index (χ4v) is 4.08. The van der Waals surface area contributed by atoms with Gasteiger partial charge in [0.15, 0.2) is 0 Å². The van der Waals surface area contributed by atoms with Crippen LogP contribution in [0.15, 0.2) is 0 Å². The Kier molecular flexibility index (Phi) is 3.81. The summed E-state index contributed by atoms with van der Waals surface area (Å²) in [5.41, 5.74) is 6.06. The van der Waals surface area contributed by atoms with E-state index in [4.69, 9.17) is 10.5 Å². The Morgan fingerprint density at radius 1 is 1.26 bits per heavy atom. The van der Waals surface area contributed by atoms with Gasteiger partial charge in [-0.1, -0.05) is 6.92 Å². The van der Waals surface area contributed by atoms with E-state index in [0.29, 0.717) is 30.6 Å². The predicted octanol–water partition coefficient (Wildman–Crippen LogP) is 1.53. The van der Waals surface area contributed by atoms with E-state index in [1.807, 2.05) is 0 Å². The zero-order valence-electron chi connectivity index (χ0n) is 11.9. The van der Waals surface area contributed by atoms with Gasteiger partial charge in [0.1, 0.15) is 0 Å². The lowest BCUT2D eigenvalue weighted by Gasteiger charge is -2.41. The summed E-state index contributed by atoms with van der Waals surface area (Å²) in [6, 6.07) is 0.639. The second kappa shape index (κ2) is 5.41. The summed E-state index contributed by atoms with van der Waals surface area (Å²) in [6.45, 7) is 3.69. The van der Waals surface area contributed by atoms with Gasteiger partial charge >= 0.3 is 0 Å². The van der Waals surface area contributed by atoms with Crippen molar-refractivity contribution in [3.63, 3.8) is 0 Å². The molecule has 5 unspecified atom stereocenters. The number of nitrogens with two attached hydrogens (primary N) is 1. The van der Waals surface area contributed by atoms with Gasteiger partial charge in [0, 0.05) is 18.5 Å². The van der Waals surface area contributed by atoms with Gasteiger partial charge < -0.3 is 15.4 Å². The molecule has 19 heavy (non-hydrogen) atoms. The van der Waals surface area contributed by atoms with Gasteiger partial charge in [-0.25, -0.2) is 0 Å². The third-order valence-electron chi connectivity index (χ3n) is 5.35. The van der Waals surface area contributed by atoms with Gasteiger partial charge in [-0.2, -0.15) is 0 Å². The molecular weight excluding hydrogens is 240 g/mol. The van der Waals surface area contributed by atoms with E-state index in [1.54, 1.807) is 0 Å². The highest BCUT2D eigenvalue weighted by Gasteiger charge is 2.41. The van der Waals surface area contributed by atoms with Crippen molar-refractivity contribution in [3.8, 4) is 0 Å². The highest BCUT2D eigenvalue weighted by molar-refractivity contribution is 5.79. The molecule has 0 aromatic carbocycles. The quantitative estimate of drug-likeness (QED) is 0.783. The first kappa shape index (κ1) is 13.4. The average Bonchev–Trinajstić information content (AvgIpc) is 2.89. The highest BCUT2D eigenvalue weighted by Crippen LogP contribution is 2.34. The molecule has 3 rings (SSSR count). The number of carbonyl (C=O) groups excluding carboxylic acids is 1. The molecule has 2 N–H and O–H groups in total. The van der Waals surface area contributed by atoms with Crippen LogP contribution >= 0.6 is 0 Å². The topological polar surface area (TPSA) is 55.6 Å². The van der Waals surface area contributed by atoms with Gasteiger partial charge in [-0.05, 0) is 44.4 Å². The Morgan fingerprint density at radius 2 is 2.11 bits per heavy atom. The zero-order valence-corrected chi connectivity index (χ0v) is 11.9. The number of fused-ring (bicyclic) bond motifs is 1. The first-order chi connectivity index (χ1) is 9.16. The van der Waals surface area contributed by atoms with Crippen molar-refractivity contribution in [2.75, 3.05) is 13.2 Å². The summed E-state index contributed by atoms with van der Waals surface area (Å²) in [5, 5.41) is 0. The van der Waals surface area contributed by atoms with Crippen molar-refractivity contribution in [3.05, 3.63) is 0 Å². The van der Waals surface area contributed by atoms with Gasteiger partial charge in [-0.3, -0.25) is 4.79 Å². The average molecular weight is 266 g/mol. The zero-order chi connectivity index (χ0) is 13.4. The first-order valence-electron chi connectivity index (χ1n) is 7.84. The molecule has 0 aromatic rings. The van der Waals surface area contributed by atoms with Gasteiger partial charge in [0.2, 0.25) is 5.91 Å². The lowest BCUT2D eigenvalue weighted by Crippen LogP contribution is -2.54. The van der Waals surface area contributed by atoms with E-state index < -0.39 is 0 Å². The molecule has 4 heteroatoms. The smallest absolute Gasteiger partial charge is 0.226 e. The molecule has 0 radical (unpaired) electrons. The number of morpholine rings is 1. The Hall–Kier alpha value is -0.610. The molecule has 0 spiro atoms. The van der Waals surface area contributed by atoms with E-state index in [1.165, 1.54) is 6.42 Å². The number of amides is 1. The lowest BCUT2D eigenvalue weighted by atomic mass is 9.78. The van der Waals surface area contributed by atoms with Crippen LogP contribution in [0.3, 0.4) is 0 Å². The van der Waals surface area contributed by atoms with Crippen molar-refractivity contribution in [1.82, 2.24) is 4.90 Å². The highest BCUT2D eigenvalue weighted by atomic mass is 16.5. The molecule has 3 fully saturated rings. The SMILES string of the molecule is CC1CC(C(=O)N2CCOC3CCCC32)CCC1N. The van der Waals surface area contributed by atoms with Crippen molar-refractivity contribution >= 4 is 5.91 Å². The first-order valence-corrected chi connectivity index (χ1v) is 7.84. The third-order valence-corrected chi connectivity index (χ3v) is 5.35. The van der Waals surface area contributed by atoms with E-state index in [-0.39, 0.29) is 12.0 Å². The normalized spacial score (nSPS) is 43.1. The summed E-state index contributed by atoms with van der Waals surface area (Å²) >= 11 is 0. The maximum Gasteiger partial charge on any atom is 0.226 e.